The molecule has 0 atom stereocenters. The van der Waals surface area contributed by atoms with Crippen LogP contribution in [0.4, 0.5) is 5.82 Å². The fraction of sp³-hybridized carbons (Fsp3) is 0.389. The molecule has 27 heavy (non-hydrogen) atoms. The molecule has 0 bridgehead atoms. The first-order valence-electron chi connectivity index (χ1n) is 8.64. The second kappa shape index (κ2) is 6.49. The molecule has 1 aliphatic rings. The number of aromatic nitrogens is 4. The molecule has 1 fully saturated rings. The fourth-order valence-electron chi connectivity index (χ4n) is 2.86. The van der Waals surface area contributed by atoms with Crippen LogP contribution in [0.2, 0.25) is 0 Å². The number of furan rings is 1. The number of amides is 1. The van der Waals surface area contributed by atoms with Crippen molar-refractivity contribution >= 4 is 22.8 Å². The number of fused-ring (bicyclic) bond motifs is 1. The average Bonchev–Trinajstić information content (AvgIpc) is 3.28. The summed E-state index contributed by atoms with van der Waals surface area (Å²) < 4.78 is 10.8. The SMILES string of the molecule is COc1cc(CNC(=O)c2c(C)oc3ncnc(NC4(C)CC4)c23)ncn1. The van der Waals surface area contributed by atoms with E-state index in [2.05, 4.69) is 37.5 Å². The van der Waals surface area contributed by atoms with Gasteiger partial charge in [0.05, 0.1) is 30.3 Å². The number of aryl methyl sites for hydroxylation is 1. The van der Waals surface area contributed by atoms with Gasteiger partial charge in [0.25, 0.3) is 5.91 Å². The minimum Gasteiger partial charge on any atom is -0.481 e. The Hall–Kier alpha value is -3.23. The number of carbonyl (C=O) groups excluding carboxylic acids is 1. The highest BCUT2D eigenvalue weighted by atomic mass is 16.5. The molecule has 0 unspecified atom stereocenters. The van der Waals surface area contributed by atoms with Gasteiger partial charge < -0.3 is 19.8 Å². The highest BCUT2D eigenvalue weighted by Gasteiger charge is 2.38. The smallest absolute Gasteiger partial charge is 0.255 e. The fourth-order valence-corrected chi connectivity index (χ4v) is 2.86. The zero-order valence-electron chi connectivity index (χ0n) is 15.4. The lowest BCUT2D eigenvalue weighted by Gasteiger charge is -2.13. The molecule has 1 aliphatic carbocycles. The molecular weight excluding hydrogens is 348 g/mol. The molecule has 3 aromatic heterocycles. The van der Waals surface area contributed by atoms with Crippen molar-refractivity contribution in [1.29, 1.82) is 0 Å². The molecule has 0 radical (unpaired) electrons. The third kappa shape index (κ3) is 3.40. The molecule has 0 aliphatic heterocycles. The van der Waals surface area contributed by atoms with E-state index in [1.54, 1.807) is 13.0 Å². The third-order valence-corrected chi connectivity index (χ3v) is 4.65. The van der Waals surface area contributed by atoms with E-state index in [0.29, 0.717) is 39.8 Å². The van der Waals surface area contributed by atoms with E-state index in [0.717, 1.165) is 12.8 Å². The first kappa shape index (κ1) is 17.2. The molecule has 140 valence electrons. The Balaban J connectivity index is 1.61. The van der Waals surface area contributed by atoms with Crippen LogP contribution in [0.1, 0.15) is 41.6 Å². The standard InChI is InChI=1S/C18H20N6O3/c1-10-13(16(25)19-7-11-6-12(26-3)21-8-20-11)14-15(24-18(2)4-5-18)22-9-23-17(14)27-10/h6,8-9H,4-5,7H2,1-3H3,(H,19,25)(H,22,23,24). The van der Waals surface area contributed by atoms with Crippen molar-refractivity contribution in [1.82, 2.24) is 25.3 Å². The number of hydrogen-bond acceptors (Lipinski definition) is 8. The molecule has 3 heterocycles. The number of nitrogens with one attached hydrogen (secondary N) is 2. The van der Waals surface area contributed by atoms with E-state index in [9.17, 15) is 4.79 Å². The van der Waals surface area contributed by atoms with Crippen molar-refractivity contribution in [2.45, 2.75) is 38.8 Å². The Labute approximate surface area is 155 Å². The maximum atomic E-state index is 12.9. The van der Waals surface area contributed by atoms with E-state index in [4.69, 9.17) is 9.15 Å². The zero-order valence-corrected chi connectivity index (χ0v) is 15.4. The van der Waals surface area contributed by atoms with Crippen molar-refractivity contribution < 1.29 is 13.9 Å². The lowest BCUT2D eigenvalue weighted by Crippen LogP contribution is -2.24. The molecule has 1 amide bonds. The first-order chi connectivity index (χ1) is 13.0. The number of methoxy groups -OCH3 is 1. The number of ether oxygens (including phenoxy) is 1. The Morgan fingerprint density at radius 1 is 1.26 bits per heavy atom. The Morgan fingerprint density at radius 2 is 2.04 bits per heavy atom. The number of carbonyl (C=O) groups is 1. The van der Waals surface area contributed by atoms with Crippen molar-refractivity contribution in [3.8, 4) is 5.88 Å². The molecule has 9 heteroatoms. The van der Waals surface area contributed by atoms with Gasteiger partial charge >= 0.3 is 0 Å². The number of anilines is 1. The van der Waals surface area contributed by atoms with Crippen LogP contribution in [0.25, 0.3) is 11.1 Å². The van der Waals surface area contributed by atoms with Gasteiger partial charge in [0.15, 0.2) is 0 Å². The van der Waals surface area contributed by atoms with E-state index >= 15 is 0 Å². The molecule has 0 spiro atoms. The molecule has 9 nitrogen and oxygen atoms in total. The highest BCUT2D eigenvalue weighted by Crippen LogP contribution is 2.40. The quantitative estimate of drug-likeness (QED) is 0.680. The van der Waals surface area contributed by atoms with Gasteiger partial charge in [-0.05, 0) is 26.7 Å². The van der Waals surface area contributed by atoms with Gasteiger partial charge in [0.2, 0.25) is 11.6 Å². The van der Waals surface area contributed by atoms with E-state index in [1.807, 2.05) is 0 Å². The molecule has 0 saturated heterocycles. The first-order valence-corrected chi connectivity index (χ1v) is 8.64. The van der Waals surface area contributed by atoms with Crippen LogP contribution in [0.3, 0.4) is 0 Å². The summed E-state index contributed by atoms with van der Waals surface area (Å²) >= 11 is 0. The van der Waals surface area contributed by atoms with Gasteiger partial charge in [0.1, 0.15) is 24.2 Å². The Bertz CT molecular complexity index is 1010. The minimum atomic E-state index is -0.275. The summed E-state index contributed by atoms with van der Waals surface area (Å²) in [5, 5.41) is 6.87. The summed E-state index contributed by atoms with van der Waals surface area (Å²) in [5.74, 6) is 1.28. The lowest BCUT2D eigenvalue weighted by molar-refractivity contribution is 0.0950. The molecule has 2 N–H and O–H groups in total. The van der Waals surface area contributed by atoms with Crippen molar-refractivity contribution in [2.75, 3.05) is 12.4 Å². The van der Waals surface area contributed by atoms with Gasteiger partial charge in [-0.15, -0.1) is 0 Å². The number of rotatable bonds is 6. The molecule has 1 saturated carbocycles. The number of nitrogens with zero attached hydrogens (tertiary/aromatic N) is 4. The van der Waals surface area contributed by atoms with Gasteiger partial charge in [0, 0.05) is 11.6 Å². The van der Waals surface area contributed by atoms with E-state index < -0.39 is 0 Å². The Kier molecular flexibility index (Phi) is 4.14. The van der Waals surface area contributed by atoms with Crippen LogP contribution >= 0.6 is 0 Å². The van der Waals surface area contributed by atoms with E-state index in [1.165, 1.54) is 19.8 Å². The van der Waals surface area contributed by atoms with Crippen LogP contribution in [0.15, 0.2) is 23.1 Å². The minimum absolute atomic E-state index is 0.0116. The summed E-state index contributed by atoms with van der Waals surface area (Å²) in [6.07, 6.45) is 4.96. The second-order valence-electron chi connectivity index (χ2n) is 6.86. The summed E-state index contributed by atoms with van der Waals surface area (Å²) in [7, 11) is 1.53. The maximum absolute atomic E-state index is 12.9. The highest BCUT2D eigenvalue weighted by molar-refractivity contribution is 6.10. The van der Waals surface area contributed by atoms with Crippen LogP contribution in [0.5, 0.6) is 5.88 Å². The maximum Gasteiger partial charge on any atom is 0.255 e. The molecule has 0 aromatic carbocycles. The largest absolute Gasteiger partial charge is 0.481 e. The van der Waals surface area contributed by atoms with Crippen LogP contribution in [-0.2, 0) is 6.54 Å². The van der Waals surface area contributed by atoms with Crippen molar-refractivity contribution in [3.05, 3.63) is 35.7 Å². The van der Waals surface area contributed by atoms with Crippen LogP contribution in [-0.4, -0.2) is 38.5 Å². The van der Waals surface area contributed by atoms with Crippen LogP contribution < -0.4 is 15.4 Å². The van der Waals surface area contributed by atoms with E-state index in [-0.39, 0.29) is 18.0 Å². The molecule has 4 rings (SSSR count). The topological polar surface area (TPSA) is 115 Å². The number of hydrogen-bond donors (Lipinski definition) is 2. The third-order valence-electron chi connectivity index (χ3n) is 4.65. The monoisotopic (exact) mass is 368 g/mol. The lowest BCUT2D eigenvalue weighted by atomic mass is 10.1. The molecular formula is C18H20N6O3. The normalized spacial score (nSPS) is 14.8. The molecule has 3 aromatic rings. The predicted octanol–water partition coefficient (Wildman–Crippen LogP) is 2.22. The predicted molar refractivity (Wildman–Crippen MR) is 97.6 cm³/mol. The summed E-state index contributed by atoms with van der Waals surface area (Å²) in [5.41, 5.74) is 1.47. The van der Waals surface area contributed by atoms with Crippen molar-refractivity contribution in [2.24, 2.45) is 0 Å². The zero-order chi connectivity index (χ0) is 19.0. The summed E-state index contributed by atoms with van der Waals surface area (Å²) in [4.78, 5) is 29.5. The summed E-state index contributed by atoms with van der Waals surface area (Å²) in [6, 6.07) is 1.67. The Morgan fingerprint density at radius 3 is 2.78 bits per heavy atom. The van der Waals surface area contributed by atoms with Gasteiger partial charge in [-0.3, -0.25) is 4.79 Å². The second-order valence-corrected chi connectivity index (χ2v) is 6.86. The average molecular weight is 368 g/mol. The van der Waals surface area contributed by atoms with Gasteiger partial charge in [-0.25, -0.2) is 19.9 Å². The van der Waals surface area contributed by atoms with Gasteiger partial charge in [-0.1, -0.05) is 0 Å². The van der Waals surface area contributed by atoms with Crippen LogP contribution in [0, 0.1) is 6.92 Å². The van der Waals surface area contributed by atoms with Crippen molar-refractivity contribution in [3.63, 3.8) is 0 Å². The van der Waals surface area contributed by atoms with Gasteiger partial charge in [-0.2, -0.15) is 0 Å². The summed E-state index contributed by atoms with van der Waals surface area (Å²) in [6.45, 7) is 4.10.